The van der Waals surface area contributed by atoms with Crippen molar-refractivity contribution in [2.24, 2.45) is 5.73 Å². The zero-order valence-corrected chi connectivity index (χ0v) is 10.9. The van der Waals surface area contributed by atoms with E-state index in [-0.39, 0.29) is 11.3 Å². The molecule has 104 valence electrons. The van der Waals surface area contributed by atoms with Gasteiger partial charge in [0.2, 0.25) is 0 Å². The summed E-state index contributed by atoms with van der Waals surface area (Å²) in [4.78, 5) is 23.2. The number of phenols is 1. The average Bonchev–Trinajstić information content (AvgIpc) is 2.43. The van der Waals surface area contributed by atoms with Crippen molar-refractivity contribution in [1.82, 2.24) is 10.9 Å². The van der Waals surface area contributed by atoms with E-state index in [9.17, 15) is 14.7 Å². The van der Waals surface area contributed by atoms with E-state index in [1.807, 2.05) is 24.3 Å². The summed E-state index contributed by atoms with van der Waals surface area (Å²) >= 11 is 0. The summed E-state index contributed by atoms with van der Waals surface area (Å²) in [6.45, 7) is 1.50. The maximum Gasteiger partial charge on any atom is 0.273 e. The molecule has 0 aliphatic rings. The fraction of sp³-hybridized carbons (Fsp3) is 0.143. The number of amides is 2. The van der Waals surface area contributed by atoms with Gasteiger partial charge in [0.15, 0.2) is 0 Å². The van der Waals surface area contributed by atoms with Crippen LogP contribution in [0.1, 0.15) is 17.3 Å². The van der Waals surface area contributed by atoms with Crippen molar-refractivity contribution in [3.8, 4) is 5.75 Å². The molecule has 2 aromatic carbocycles. The second-order valence-corrected chi connectivity index (χ2v) is 4.45. The van der Waals surface area contributed by atoms with Gasteiger partial charge in [0.25, 0.3) is 11.8 Å². The van der Waals surface area contributed by atoms with E-state index in [2.05, 4.69) is 10.9 Å². The van der Waals surface area contributed by atoms with Crippen LogP contribution in [0.5, 0.6) is 5.75 Å². The van der Waals surface area contributed by atoms with E-state index in [0.29, 0.717) is 0 Å². The quantitative estimate of drug-likeness (QED) is 0.603. The van der Waals surface area contributed by atoms with E-state index >= 15 is 0 Å². The van der Waals surface area contributed by atoms with Crippen LogP contribution in [-0.4, -0.2) is 23.0 Å². The lowest BCUT2D eigenvalue weighted by Crippen LogP contribution is -2.48. The minimum Gasteiger partial charge on any atom is -0.507 e. The molecule has 0 unspecified atom stereocenters. The van der Waals surface area contributed by atoms with Crippen LogP contribution in [-0.2, 0) is 4.79 Å². The largest absolute Gasteiger partial charge is 0.507 e. The second kappa shape index (κ2) is 5.58. The Morgan fingerprint density at radius 2 is 1.75 bits per heavy atom. The number of nitrogens with one attached hydrogen (secondary N) is 2. The van der Waals surface area contributed by atoms with Crippen LogP contribution in [0.15, 0.2) is 36.4 Å². The lowest BCUT2D eigenvalue weighted by molar-refractivity contribution is -0.122. The highest BCUT2D eigenvalue weighted by molar-refractivity contribution is 6.02. The Hall–Kier alpha value is -2.60. The number of carbonyl (C=O) groups is 2. The fourth-order valence-corrected chi connectivity index (χ4v) is 1.71. The summed E-state index contributed by atoms with van der Waals surface area (Å²) in [6, 6.07) is 9.64. The van der Waals surface area contributed by atoms with Crippen LogP contribution < -0.4 is 16.6 Å². The lowest BCUT2D eigenvalue weighted by atomic mass is 10.1. The van der Waals surface area contributed by atoms with Crippen molar-refractivity contribution in [2.75, 3.05) is 0 Å². The number of benzene rings is 2. The number of hydrazine groups is 1. The summed E-state index contributed by atoms with van der Waals surface area (Å²) < 4.78 is 0. The zero-order chi connectivity index (χ0) is 14.7. The van der Waals surface area contributed by atoms with E-state index in [1.165, 1.54) is 13.0 Å². The first kappa shape index (κ1) is 13.8. The number of fused-ring (bicyclic) bond motifs is 1. The number of carbonyl (C=O) groups excluding carboxylic acids is 2. The number of hydrogen-bond donors (Lipinski definition) is 4. The average molecular weight is 273 g/mol. The first-order chi connectivity index (χ1) is 9.49. The maximum atomic E-state index is 11.9. The third kappa shape index (κ3) is 2.86. The SMILES string of the molecule is C[C@H](N)C(=O)NNC(=O)c1cc2ccccc2cc1O. The molecule has 0 aliphatic heterocycles. The van der Waals surface area contributed by atoms with E-state index in [4.69, 9.17) is 5.73 Å². The molecule has 0 bridgehead atoms. The highest BCUT2D eigenvalue weighted by Crippen LogP contribution is 2.24. The zero-order valence-electron chi connectivity index (χ0n) is 10.9. The lowest BCUT2D eigenvalue weighted by Gasteiger charge is -2.10. The number of hydrogen-bond acceptors (Lipinski definition) is 4. The number of rotatable bonds is 2. The molecule has 2 aromatic rings. The summed E-state index contributed by atoms with van der Waals surface area (Å²) in [5, 5.41) is 11.5. The van der Waals surface area contributed by atoms with Crippen LogP contribution in [0.4, 0.5) is 0 Å². The first-order valence-corrected chi connectivity index (χ1v) is 6.06. The summed E-state index contributed by atoms with van der Waals surface area (Å²) in [7, 11) is 0. The van der Waals surface area contributed by atoms with Crippen molar-refractivity contribution in [2.45, 2.75) is 13.0 Å². The fourth-order valence-electron chi connectivity index (χ4n) is 1.71. The highest BCUT2D eigenvalue weighted by atomic mass is 16.3. The van der Waals surface area contributed by atoms with E-state index in [1.54, 1.807) is 6.07 Å². The minimum absolute atomic E-state index is 0.0775. The molecule has 5 N–H and O–H groups in total. The van der Waals surface area contributed by atoms with Crippen molar-refractivity contribution in [3.63, 3.8) is 0 Å². The Morgan fingerprint density at radius 1 is 1.15 bits per heavy atom. The highest BCUT2D eigenvalue weighted by Gasteiger charge is 2.14. The smallest absolute Gasteiger partial charge is 0.273 e. The molecule has 0 heterocycles. The van der Waals surface area contributed by atoms with Gasteiger partial charge in [-0.1, -0.05) is 24.3 Å². The van der Waals surface area contributed by atoms with Gasteiger partial charge >= 0.3 is 0 Å². The standard InChI is InChI=1S/C14H15N3O3/c1-8(15)13(19)16-17-14(20)11-6-9-4-2-3-5-10(9)7-12(11)18/h2-8,18H,15H2,1H3,(H,16,19)(H,17,20)/t8-/m0/s1. The molecule has 0 spiro atoms. The van der Waals surface area contributed by atoms with Crippen molar-refractivity contribution >= 4 is 22.6 Å². The molecule has 2 amide bonds. The Morgan fingerprint density at radius 3 is 2.35 bits per heavy atom. The van der Waals surface area contributed by atoms with Gasteiger partial charge in [-0.2, -0.15) is 0 Å². The predicted octanol–water partition coefficient (Wildman–Crippen LogP) is 0.654. The summed E-state index contributed by atoms with van der Waals surface area (Å²) in [5.41, 5.74) is 9.82. The van der Waals surface area contributed by atoms with Crippen LogP contribution in [0.2, 0.25) is 0 Å². The van der Waals surface area contributed by atoms with Gasteiger partial charge in [0, 0.05) is 0 Å². The monoisotopic (exact) mass is 273 g/mol. The van der Waals surface area contributed by atoms with Gasteiger partial charge in [-0.05, 0) is 29.8 Å². The first-order valence-electron chi connectivity index (χ1n) is 6.06. The molecular formula is C14H15N3O3. The van der Waals surface area contributed by atoms with Gasteiger partial charge in [-0.3, -0.25) is 20.4 Å². The molecule has 6 nitrogen and oxygen atoms in total. The Labute approximate surface area is 115 Å². The third-order valence-corrected chi connectivity index (χ3v) is 2.82. The number of nitrogens with two attached hydrogens (primary N) is 1. The van der Waals surface area contributed by atoms with Gasteiger partial charge < -0.3 is 10.8 Å². The molecule has 0 saturated heterocycles. The summed E-state index contributed by atoms with van der Waals surface area (Å²) in [5.74, 6) is -1.28. The van der Waals surface area contributed by atoms with Crippen molar-refractivity contribution in [3.05, 3.63) is 42.0 Å². The Balaban J connectivity index is 2.21. The number of phenolic OH excluding ortho intramolecular Hbond substituents is 1. The molecule has 0 aliphatic carbocycles. The topological polar surface area (TPSA) is 104 Å². The minimum atomic E-state index is -0.736. The van der Waals surface area contributed by atoms with Gasteiger partial charge in [-0.15, -0.1) is 0 Å². The van der Waals surface area contributed by atoms with Gasteiger partial charge in [0.1, 0.15) is 5.75 Å². The predicted molar refractivity (Wildman–Crippen MR) is 74.9 cm³/mol. The van der Waals surface area contributed by atoms with Crippen LogP contribution >= 0.6 is 0 Å². The third-order valence-electron chi connectivity index (χ3n) is 2.82. The van der Waals surface area contributed by atoms with Gasteiger partial charge in [-0.25, -0.2) is 0 Å². The second-order valence-electron chi connectivity index (χ2n) is 4.45. The molecule has 2 rings (SSSR count). The maximum absolute atomic E-state index is 11.9. The molecule has 0 aromatic heterocycles. The van der Waals surface area contributed by atoms with Crippen molar-refractivity contribution in [1.29, 1.82) is 0 Å². The molecular weight excluding hydrogens is 258 g/mol. The van der Waals surface area contributed by atoms with E-state index in [0.717, 1.165) is 10.8 Å². The Bertz CT molecular complexity index is 668. The van der Waals surface area contributed by atoms with Crippen molar-refractivity contribution < 1.29 is 14.7 Å². The molecule has 0 saturated carbocycles. The molecule has 1 atom stereocenters. The molecule has 0 radical (unpaired) electrons. The van der Waals surface area contributed by atoms with Crippen LogP contribution in [0.25, 0.3) is 10.8 Å². The summed E-state index contributed by atoms with van der Waals surface area (Å²) in [6.07, 6.45) is 0. The molecule has 20 heavy (non-hydrogen) atoms. The molecule has 0 fully saturated rings. The van der Waals surface area contributed by atoms with Crippen LogP contribution in [0, 0.1) is 0 Å². The van der Waals surface area contributed by atoms with Gasteiger partial charge in [0.05, 0.1) is 11.6 Å². The van der Waals surface area contributed by atoms with E-state index < -0.39 is 17.9 Å². The molecule has 6 heteroatoms. The Kier molecular flexibility index (Phi) is 3.86. The van der Waals surface area contributed by atoms with Crippen LogP contribution in [0.3, 0.4) is 0 Å². The normalized spacial score (nSPS) is 11.9. The number of aromatic hydroxyl groups is 1.